The van der Waals surface area contributed by atoms with Gasteiger partial charge >= 0.3 is 5.97 Å². The van der Waals surface area contributed by atoms with Gasteiger partial charge in [-0.2, -0.15) is 0 Å². The van der Waals surface area contributed by atoms with Crippen molar-refractivity contribution in [2.75, 3.05) is 0 Å². The summed E-state index contributed by atoms with van der Waals surface area (Å²) in [6.07, 6.45) is 1.32. The second-order valence-corrected chi connectivity index (χ2v) is 5.87. The zero-order valence-electron chi connectivity index (χ0n) is 11.1. The van der Waals surface area contributed by atoms with Gasteiger partial charge in [0.1, 0.15) is 5.54 Å². The Morgan fingerprint density at radius 1 is 1.37 bits per heavy atom. The fraction of sp³-hybridized carbons (Fsp3) is 0.429. The Hall–Kier alpha value is -1.11. The maximum absolute atomic E-state index is 12.0. The Balaban J connectivity index is 2.74. The molecular formula is C14H18INO3. The van der Waals surface area contributed by atoms with E-state index in [0.29, 0.717) is 12.8 Å². The quantitative estimate of drug-likeness (QED) is 0.752. The first-order valence-electron chi connectivity index (χ1n) is 6.17. The van der Waals surface area contributed by atoms with Crippen LogP contribution >= 0.6 is 22.6 Å². The summed E-state index contributed by atoms with van der Waals surface area (Å²) in [5, 5.41) is 11.8. The van der Waals surface area contributed by atoms with E-state index in [-0.39, 0.29) is 12.3 Å². The molecule has 0 aliphatic heterocycles. The van der Waals surface area contributed by atoms with Crippen LogP contribution in [0.25, 0.3) is 0 Å². The molecule has 0 aliphatic carbocycles. The second-order valence-electron chi connectivity index (χ2n) is 4.70. The minimum atomic E-state index is -1.19. The molecule has 0 saturated heterocycles. The molecule has 19 heavy (non-hydrogen) atoms. The predicted octanol–water partition coefficient (Wildman–Crippen LogP) is 2.59. The summed E-state index contributed by atoms with van der Waals surface area (Å²) in [5.74, 6) is -1.26. The Morgan fingerprint density at radius 2 is 2.00 bits per heavy atom. The van der Waals surface area contributed by atoms with Crippen molar-refractivity contribution in [1.29, 1.82) is 0 Å². The van der Waals surface area contributed by atoms with Gasteiger partial charge in [0.15, 0.2) is 0 Å². The van der Waals surface area contributed by atoms with Crippen LogP contribution in [0.4, 0.5) is 0 Å². The molecule has 104 valence electrons. The lowest BCUT2D eigenvalue weighted by Crippen LogP contribution is -2.52. The molecule has 0 spiro atoms. The largest absolute Gasteiger partial charge is 0.480 e. The van der Waals surface area contributed by atoms with E-state index in [9.17, 15) is 14.7 Å². The number of nitrogens with one attached hydrogen (secondary N) is 1. The molecule has 0 saturated carbocycles. The number of carbonyl (C=O) groups excluding carboxylic acids is 1. The number of carboxylic acid groups (broad SMARTS) is 1. The van der Waals surface area contributed by atoms with E-state index in [1.807, 2.05) is 31.2 Å². The van der Waals surface area contributed by atoms with E-state index in [4.69, 9.17) is 0 Å². The first-order valence-corrected chi connectivity index (χ1v) is 7.24. The monoisotopic (exact) mass is 375 g/mol. The van der Waals surface area contributed by atoms with Gasteiger partial charge in [-0.05, 0) is 47.6 Å². The van der Waals surface area contributed by atoms with Gasteiger partial charge in [-0.15, -0.1) is 0 Å². The van der Waals surface area contributed by atoms with E-state index >= 15 is 0 Å². The van der Waals surface area contributed by atoms with Crippen molar-refractivity contribution in [2.45, 2.75) is 38.6 Å². The lowest BCUT2D eigenvalue weighted by Gasteiger charge is -2.25. The van der Waals surface area contributed by atoms with Crippen LogP contribution in [0.2, 0.25) is 0 Å². The van der Waals surface area contributed by atoms with Gasteiger partial charge in [0.25, 0.3) is 0 Å². The van der Waals surface area contributed by atoms with Gasteiger partial charge in [0.05, 0.1) is 6.42 Å². The first-order chi connectivity index (χ1) is 8.89. The highest BCUT2D eigenvalue weighted by Crippen LogP contribution is 2.15. The number of hydrogen-bond donors (Lipinski definition) is 2. The smallest absolute Gasteiger partial charge is 0.329 e. The number of carboxylic acids is 1. The molecule has 5 heteroatoms. The highest BCUT2D eigenvalue weighted by molar-refractivity contribution is 14.1. The van der Waals surface area contributed by atoms with Gasteiger partial charge < -0.3 is 10.4 Å². The summed E-state index contributed by atoms with van der Waals surface area (Å²) < 4.78 is 1.00. The third kappa shape index (κ3) is 4.49. The number of aliphatic carboxylic acids is 1. The standard InChI is InChI=1S/C14H18INO3/c1-3-8-14(2,13(18)19)16-12(17)9-10-6-4-5-7-11(10)15/h4-7H,3,8-9H2,1-2H3,(H,16,17)(H,18,19). The van der Waals surface area contributed by atoms with Crippen molar-refractivity contribution in [2.24, 2.45) is 0 Å². The first kappa shape index (κ1) is 15.9. The van der Waals surface area contributed by atoms with E-state index in [1.165, 1.54) is 0 Å². The number of hydrogen-bond acceptors (Lipinski definition) is 2. The minimum absolute atomic E-state index is 0.200. The number of halogens is 1. The molecule has 4 nitrogen and oxygen atoms in total. The number of benzene rings is 1. The van der Waals surface area contributed by atoms with Crippen molar-refractivity contribution >= 4 is 34.5 Å². The fourth-order valence-electron chi connectivity index (χ4n) is 1.89. The highest BCUT2D eigenvalue weighted by Gasteiger charge is 2.33. The number of rotatable bonds is 6. The van der Waals surface area contributed by atoms with Crippen LogP contribution in [-0.4, -0.2) is 22.5 Å². The van der Waals surface area contributed by atoms with Crippen molar-refractivity contribution in [3.05, 3.63) is 33.4 Å². The zero-order chi connectivity index (χ0) is 14.5. The summed E-state index contributed by atoms with van der Waals surface area (Å²) >= 11 is 2.16. The van der Waals surface area contributed by atoms with Gasteiger partial charge in [0, 0.05) is 3.57 Å². The minimum Gasteiger partial charge on any atom is -0.480 e. The normalized spacial score (nSPS) is 13.6. The van der Waals surface area contributed by atoms with Crippen LogP contribution in [0.1, 0.15) is 32.3 Å². The third-order valence-electron chi connectivity index (χ3n) is 2.95. The van der Waals surface area contributed by atoms with Crippen LogP contribution in [0.5, 0.6) is 0 Å². The lowest BCUT2D eigenvalue weighted by molar-refractivity contribution is -0.147. The molecule has 1 aromatic carbocycles. The molecular weight excluding hydrogens is 357 g/mol. The van der Waals surface area contributed by atoms with E-state index in [0.717, 1.165) is 9.13 Å². The molecule has 0 bridgehead atoms. The van der Waals surface area contributed by atoms with Crippen LogP contribution in [0, 0.1) is 3.57 Å². The molecule has 1 rings (SSSR count). The van der Waals surface area contributed by atoms with Crippen LogP contribution in [0.3, 0.4) is 0 Å². The van der Waals surface area contributed by atoms with Crippen LogP contribution in [0.15, 0.2) is 24.3 Å². The molecule has 0 fully saturated rings. The van der Waals surface area contributed by atoms with E-state index < -0.39 is 11.5 Å². The zero-order valence-corrected chi connectivity index (χ0v) is 13.2. The maximum atomic E-state index is 12.0. The topological polar surface area (TPSA) is 66.4 Å². The maximum Gasteiger partial charge on any atom is 0.329 e. The Morgan fingerprint density at radius 3 is 2.53 bits per heavy atom. The van der Waals surface area contributed by atoms with E-state index in [1.54, 1.807) is 6.92 Å². The lowest BCUT2D eigenvalue weighted by atomic mass is 9.96. The Kier molecular flexibility index (Phi) is 5.78. The second kappa shape index (κ2) is 6.88. The summed E-state index contributed by atoms with van der Waals surface area (Å²) in [7, 11) is 0. The number of carbonyl (C=O) groups is 2. The summed E-state index contributed by atoms with van der Waals surface area (Å²) in [6, 6.07) is 7.57. The van der Waals surface area contributed by atoms with Gasteiger partial charge in [-0.3, -0.25) is 4.79 Å². The van der Waals surface area contributed by atoms with Gasteiger partial charge in [-0.25, -0.2) is 4.79 Å². The third-order valence-corrected chi connectivity index (χ3v) is 4.00. The van der Waals surface area contributed by atoms with Crippen molar-refractivity contribution in [1.82, 2.24) is 5.32 Å². The summed E-state index contributed by atoms with van der Waals surface area (Å²) in [5.41, 5.74) is -0.281. The SMILES string of the molecule is CCCC(C)(NC(=O)Cc1ccccc1I)C(=O)O. The Labute approximate surface area is 126 Å². The van der Waals surface area contributed by atoms with Crippen molar-refractivity contribution in [3.63, 3.8) is 0 Å². The molecule has 1 amide bonds. The molecule has 1 atom stereocenters. The molecule has 0 radical (unpaired) electrons. The van der Waals surface area contributed by atoms with Gasteiger partial charge in [0.2, 0.25) is 5.91 Å². The van der Waals surface area contributed by atoms with Crippen LogP contribution < -0.4 is 5.32 Å². The summed E-state index contributed by atoms with van der Waals surface area (Å²) in [4.78, 5) is 23.2. The van der Waals surface area contributed by atoms with Crippen molar-refractivity contribution in [3.8, 4) is 0 Å². The molecule has 0 heterocycles. The average molecular weight is 375 g/mol. The van der Waals surface area contributed by atoms with Crippen molar-refractivity contribution < 1.29 is 14.7 Å². The molecule has 0 aliphatic rings. The molecule has 2 N–H and O–H groups in total. The van der Waals surface area contributed by atoms with E-state index in [2.05, 4.69) is 27.9 Å². The average Bonchev–Trinajstić information content (AvgIpc) is 2.32. The molecule has 1 unspecified atom stereocenters. The molecule has 1 aromatic rings. The summed E-state index contributed by atoms with van der Waals surface area (Å²) in [6.45, 7) is 3.44. The number of amides is 1. The van der Waals surface area contributed by atoms with Gasteiger partial charge in [-0.1, -0.05) is 31.5 Å². The van der Waals surface area contributed by atoms with Crippen LogP contribution in [-0.2, 0) is 16.0 Å². The Bertz CT molecular complexity index is 476. The molecule has 0 aromatic heterocycles. The predicted molar refractivity (Wildman–Crippen MR) is 82.0 cm³/mol. The highest BCUT2D eigenvalue weighted by atomic mass is 127. The fourth-order valence-corrected chi connectivity index (χ4v) is 2.47.